The van der Waals surface area contributed by atoms with Gasteiger partial charge in [0.15, 0.2) is 11.6 Å². The van der Waals surface area contributed by atoms with Crippen LogP contribution in [0.4, 0.5) is 8.78 Å². The largest absolute Gasteiger partial charge is 0.340 e. The quantitative estimate of drug-likeness (QED) is 0.451. The number of halogens is 2. The Balaban J connectivity index is 1.42. The number of hydrogen-bond donors (Lipinski definition) is 0. The second-order valence-corrected chi connectivity index (χ2v) is 9.20. The first kappa shape index (κ1) is 21.4. The molecule has 0 spiro atoms. The van der Waals surface area contributed by atoms with Crippen molar-refractivity contribution in [3.05, 3.63) is 75.7 Å². The molecule has 0 aliphatic carbocycles. The highest BCUT2D eigenvalue weighted by Gasteiger charge is 2.23. The molecule has 1 aliphatic heterocycles. The minimum atomic E-state index is -0.361. The summed E-state index contributed by atoms with van der Waals surface area (Å²) in [5, 5.41) is 5.60. The molecule has 0 bridgehead atoms. The fraction of sp³-hybridized carbons (Fsp3) is 0.250. The van der Waals surface area contributed by atoms with Gasteiger partial charge in [0.1, 0.15) is 18.2 Å². The van der Waals surface area contributed by atoms with E-state index in [1.54, 1.807) is 35.6 Å². The van der Waals surface area contributed by atoms with E-state index in [-0.39, 0.29) is 24.1 Å². The molecular weight excluding hydrogens is 444 g/mol. The van der Waals surface area contributed by atoms with Gasteiger partial charge in [-0.25, -0.2) is 23.4 Å². The molecule has 33 heavy (non-hydrogen) atoms. The predicted molar refractivity (Wildman–Crippen MR) is 122 cm³/mol. The third kappa shape index (κ3) is 4.54. The van der Waals surface area contributed by atoms with Gasteiger partial charge in [0.25, 0.3) is 0 Å². The number of nitrogens with zero attached hydrogens (tertiary/aromatic N) is 5. The standard InChI is InChI=1S/C24H21F2N5OS/c1-15-27-20-10-12-30(13-11-21(20)33-15)22(32)14-31-24(17-4-8-19(26)9-5-17)28-23(29-31)16-2-6-18(25)7-3-16/h2-9H,10-14H2,1H3. The first-order valence-electron chi connectivity index (χ1n) is 10.7. The summed E-state index contributed by atoms with van der Waals surface area (Å²) in [4.78, 5) is 25.5. The lowest BCUT2D eigenvalue weighted by Crippen LogP contribution is -2.36. The first-order chi connectivity index (χ1) is 16.0. The number of thiazole rings is 1. The molecule has 0 saturated heterocycles. The van der Waals surface area contributed by atoms with Crippen LogP contribution in [0.25, 0.3) is 22.8 Å². The highest BCUT2D eigenvalue weighted by atomic mass is 32.1. The minimum absolute atomic E-state index is 0.00100. The zero-order valence-corrected chi connectivity index (χ0v) is 18.8. The average molecular weight is 466 g/mol. The third-order valence-electron chi connectivity index (χ3n) is 5.63. The molecule has 0 unspecified atom stereocenters. The molecule has 4 aromatic rings. The lowest BCUT2D eigenvalue weighted by Gasteiger charge is -2.20. The number of aryl methyl sites for hydroxylation is 1. The van der Waals surface area contributed by atoms with Crippen LogP contribution in [0.2, 0.25) is 0 Å². The Kier molecular flexibility index (Phi) is 5.72. The number of carbonyl (C=O) groups excluding carboxylic acids is 1. The number of fused-ring (bicyclic) bond motifs is 1. The van der Waals surface area contributed by atoms with E-state index in [0.29, 0.717) is 35.9 Å². The molecule has 2 aromatic carbocycles. The highest BCUT2D eigenvalue weighted by Crippen LogP contribution is 2.25. The van der Waals surface area contributed by atoms with E-state index in [9.17, 15) is 13.6 Å². The summed E-state index contributed by atoms with van der Waals surface area (Å²) >= 11 is 1.69. The minimum Gasteiger partial charge on any atom is -0.340 e. The topological polar surface area (TPSA) is 63.9 Å². The summed E-state index contributed by atoms with van der Waals surface area (Å²) in [6, 6.07) is 11.8. The van der Waals surface area contributed by atoms with E-state index < -0.39 is 0 Å². The smallest absolute Gasteiger partial charge is 0.244 e. The van der Waals surface area contributed by atoms with Crippen LogP contribution < -0.4 is 0 Å². The molecule has 3 heterocycles. The molecule has 0 N–H and O–H groups in total. The van der Waals surface area contributed by atoms with Crippen LogP contribution in [0.5, 0.6) is 0 Å². The number of aromatic nitrogens is 4. The summed E-state index contributed by atoms with van der Waals surface area (Å²) in [6.45, 7) is 3.23. The van der Waals surface area contributed by atoms with Gasteiger partial charge < -0.3 is 4.90 Å². The molecule has 1 amide bonds. The number of benzene rings is 2. The summed E-state index contributed by atoms with van der Waals surface area (Å²) in [6.07, 6.45) is 1.52. The molecule has 5 rings (SSSR count). The van der Waals surface area contributed by atoms with Gasteiger partial charge in [-0.05, 0) is 55.5 Å². The van der Waals surface area contributed by atoms with Crippen molar-refractivity contribution in [1.29, 1.82) is 0 Å². The fourth-order valence-electron chi connectivity index (χ4n) is 3.96. The highest BCUT2D eigenvalue weighted by molar-refractivity contribution is 7.11. The lowest BCUT2D eigenvalue weighted by molar-refractivity contribution is -0.131. The van der Waals surface area contributed by atoms with Crippen molar-refractivity contribution in [1.82, 2.24) is 24.6 Å². The maximum absolute atomic E-state index is 13.5. The van der Waals surface area contributed by atoms with Crippen LogP contribution in [0.3, 0.4) is 0 Å². The summed E-state index contributed by atoms with van der Waals surface area (Å²) < 4.78 is 28.4. The van der Waals surface area contributed by atoms with E-state index in [1.165, 1.54) is 33.8 Å². The molecular formula is C24H21F2N5OS. The molecule has 1 aliphatic rings. The van der Waals surface area contributed by atoms with Crippen LogP contribution in [0, 0.1) is 18.6 Å². The zero-order chi connectivity index (χ0) is 22.9. The molecule has 2 aromatic heterocycles. The van der Waals surface area contributed by atoms with Gasteiger partial charge in [-0.1, -0.05) is 0 Å². The fourth-order valence-corrected chi connectivity index (χ4v) is 4.93. The van der Waals surface area contributed by atoms with Gasteiger partial charge in [-0.15, -0.1) is 16.4 Å². The van der Waals surface area contributed by atoms with Crippen LogP contribution in [-0.2, 0) is 24.2 Å². The normalized spacial score (nSPS) is 13.6. The van der Waals surface area contributed by atoms with Crippen molar-refractivity contribution >= 4 is 17.2 Å². The third-order valence-corrected chi connectivity index (χ3v) is 6.70. The molecule has 6 nitrogen and oxygen atoms in total. The van der Waals surface area contributed by atoms with Gasteiger partial charge >= 0.3 is 0 Å². The van der Waals surface area contributed by atoms with Gasteiger partial charge in [0.05, 0.1) is 10.7 Å². The van der Waals surface area contributed by atoms with E-state index >= 15 is 0 Å². The maximum atomic E-state index is 13.5. The molecule has 0 saturated carbocycles. The van der Waals surface area contributed by atoms with Gasteiger partial charge in [-0.2, -0.15) is 0 Å². The Hall–Kier alpha value is -3.46. The van der Waals surface area contributed by atoms with Crippen molar-refractivity contribution in [3.8, 4) is 22.8 Å². The van der Waals surface area contributed by atoms with Crippen molar-refractivity contribution in [3.63, 3.8) is 0 Å². The van der Waals surface area contributed by atoms with E-state index in [2.05, 4.69) is 15.1 Å². The number of rotatable bonds is 4. The van der Waals surface area contributed by atoms with E-state index in [1.807, 2.05) is 11.8 Å². The second kappa shape index (κ2) is 8.82. The van der Waals surface area contributed by atoms with Gasteiger partial charge in [0, 0.05) is 41.9 Å². The van der Waals surface area contributed by atoms with Gasteiger partial charge in [0.2, 0.25) is 5.91 Å². The Morgan fingerprint density at radius 2 is 1.58 bits per heavy atom. The Morgan fingerprint density at radius 3 is 2.27 bits per heavy atom. The molecule has 0 radical (unpaired) electrons. The number of amides is 1. The molecule has 0 fully saturated rings. The molecule has 9 heteroatoms. The SMILES string of the molecule is Cc1nc2c(s1)CCN(C(=O)Cn1nc(-c3ccc(F)cc3)nc1-c1ccc(F)cc1)CC2. The number of carbonyl (C=O) groups is 1. The summed E-state index contributed by atoms with van der Waals surface area (Å²) in [7, 11) is 0. The maximum Gasteiger partial charge on any atom is 0.244 e. The molecule has 168 valence electrons. The van der Waals surface area contributed by atoms with Crippen LogP contribution in [0.15, 0.2) is 48.5 Å². The first-order valence-corrected chi connectivity index (χ1v) is 11.5. The Bertz CT molecular complexity index is 1270. The monoisotopic (exact) mass is 465 g/mol. The van der Waals surface area contributed by atoms with E-state index in [0.717, 1.165) is 23.5 Å². The van der Waals surface area contributed by atoms with Crippen LogP contribution in [0.1, 0.15) is 15.6 Å². The van der Waals surface area contributed by atoms with Gasteiger partial charge in [-0.3, -0.25) is 4.79 Å². The Labute approximate surface area is 193 Å². The summed E-state index contributed by atoms with van der Waals surface area (Å²) in [5.41, 5.74) is 2.36. The molecule has 0 atom stereocenters. The number of hydrogen-bond acceptors (Lipinski definition) is 5. The van der Waals surface area contributed by atoms with Crippen LogP contribution in [-0.4, -0.2) is 43.6 Å². The van der Waals surface area contributed by atoms with Crippen LogP contribution >= 0.6 is 11.3 Å². The Morgan fingerprint density at radius 1 is 0.939 bits per heavy atom. The lowest BCUT2D eigenvalue weighted by atomic mass is 10.2. The van der Waals surface area contributed by atoms with Crippen molar-refractivity contribution in [2.45, 2.75) is 26.3 Å². The van der Waals surface area contributed by atoms with Crippen molar-refractivity contribution in [2.24, 2.45) is 0 Å². The van der Waals surface area contributed by atoms with Crippen molar-refractivity contribution in [2.75, 3.05) is 13.1 Å². The van der Waals surface area contributed by atoms with E-state index in [4.69, 9.17) is 0 Å². The zero-order valence-electron chi connectivity index (χ0n) is 18.0. The average Bonchev–Trinajstić information content (AvgIpc) is 3.32. The van der Waals surface area contributed by atoms with Crippen molar-refractivity contribution < 1.29 is 13.6 Å². The predicted octanol–water partition coefficient (Wildman–Crippen LogP) is 4.28. The second-order valence-electron chi connectivity index (χ2n) is 7.91. The summed E-state index contributed by atoms with van der Waals surface area (Å²) in [5.74, 6) is 0.0431.